The van der Waals surface area contributed by atoms with Gasteiger partial charge >= 0.3 is 0 Å². The number of methoxy groups -OCH3 is 2. The molecule has 0 saturated carbocycles. The maximum absolute atomic E-state index is 5.38. The fourth-order valence-corrected chi connectivity index (χ4v) is 2.94. The predicted molar refractivity (Wildman–Crippen MR) is 105 cm³/mol. The van der Waals surface area contributed by atoms with E-state index >= 15 is 0 Å². The minimum Gasteiger partial charge on any atom is -0.496 e. The molecule has 6 heteroatoms. The molecule has 0 bridgehead atoms. The van der Waals surface area contributed by atoms with Gasteiger partial charge in [-0.3, -0.25) is 0 Å². The molecule has 25 heavy (non-hydrogen) atoms. The third-order valence-corrected chi connectivity index (χ3v) is 4.24. The summed E-state index contributed by atoms with van der Waals surface area (Å²) in [7, 11) is 3.34. The predicted octanol–water partition coefficient (Wildman–Crippen LogP) is 3.72. The zero-order chi connectivity index (χ0) is 18.1. The molecule has 0 aromatic heterocycles. The minimum atomic E-state index is 0.573. The van der Waals surface area contributed by atoms with Crippen LogP contribution in [0.1, 0.15) is 18.1 Å². The van der Waals surface area contributed by atoms with Gasteiger partial charge in [-0.15, -0.1) is 0 Å². The summed E-state index contributed by atoms with van der Waals surface area (Å²) in [5.41, 5.74) is 2.19. The average molecular weight is 406 g/mol. The van der Waals surface area contributed by atoms with E-state index in [1.165, 1.54) is 0 Å². The van der Waals surface area contributed by atoms with E-state index < -0.39 is 0 Å². The summed E-state index contributed by atoms with van der Waals surface area (Å²) in [6, 6.07) is 13.9. The summed E-state index contributed by atoms with van der Waals surface area (Å²) < 4.78 is 11.6. The molecular weight excluding hydrogens is 382 g/mol. The first kappa shape index (κ1) is 19.1. The van der Waals surface area contributed by atoms with Crippen molar-refractivity contribution in [1.82, 2.24) is 10.6 Å². The van der Waals surface area contributed by atoms with Crippen LogP contribution in [-0.2, 0) is 13.1 Å². The Labute approximate surface area is 157 Å². The van der Waals surface area contributed by atoms with E-state index in [1.807, 2.05) is 49.4 Å². The van der Waals surface area contributed by atoms with Crippen molar-refractivity contribution < 1.29 is 9.47 Å². The molecule has 134 valence electrons. The van der Waals surface area contributed by atoms with Gasteiger partial charge in [-0.2, -0.15) is 0 Å². The van der Waals surface area contributed by atoms with Gasteiger partial charge in [0, 0.05) is 18.7 Å². The third kappa shape index (κ3) is 5.67. The number of benzene rings is 2. The normalized spacial score (nSPS) is 11.1. The van der Waals surface area contributed by atoms with Crippen LogP contribution < -0.4 is 20.1 Å². The highest BCUT2D eigenvalue weighted by Crippen LogP contribution is 2.25. The molecule has 0 aliphatic carbocycles. The van der Waals surface area contributed by atoms with Gasteiger partial charge in [0.05, 0.1) is 25.2 Å². The molecule has 2 aromatic carbocycles. The summed E-state index contributed by atoms with van der Waals surface area (Å²) in [4.78, 5) is 4.64. The Kier molecular flexibility index (Phi) is 7.60. The summed E-state index contributed by atoms with van der Waals surface area (Å²) >= 11 is 3.50. The van der Waals surface area contributed by atoms with Crippen LogP contribution in [0.4, 0.5) is 0 Å². The lowest BCUT2D eigenvalue weighted by atomic mass is 10.2. The summed E-state index contributed by atoms with van der Waals surface area (Å²) in [6.45, 7) is 4.06. The standard InChI is InChI=1S/C19H24BrN3O2/c1-4-21-19(23-13-15-7-5-6-8-17(15)24-2)22-12-14-9-10-18(25-3)16(20)11-14/h5-11H,4,12-13H2,1-3H3,(H2,21,22,23). The van der Waals surface area contributed by atoms with Gasteiger partial charge in [0.25, 0.3) is 0 Å². The third-order valence-electron chi connectivity index (χ3n) is 3.62. The van der Waals surface area contributed by atoms with Gasteiger partial charge in [-0.05, 0) is 46.6 Å². The van der Waals surface area contributed by atoms with E-state index in [1.54, 1.807) is 14.2 Å². The number of nitrogens with zero attached hydrogens (tertiary/aromatic N) is 1. The molecule has 2 aromatic rings. The first-order valence-electron chi connectivity index (χ1n) is 8.14. The van der Waals surface area contributed by atoms with Crippen molar-refractivity contribution in [2.24, 2.45) is 4.99 Å². The van der Waals surface area contributed by atoms with Gasteiger partial charge in [-0.1, -0.05) is 24.3 Å². The molecule has 0 amide bonds. The molecule has 0 atom stereocenters. The zero-order valence-corrected chi connectivity index (χ0v) is 16.4. The first-order valence-corrected chi connectivity index (χ1v) is 8.93. The number of aliphatic imine (C=N–C) groups is 1. The van der Waals surface area contributed by atoms with Crippen LogP contribution >= 0.6 is 15.9 Å². The van der Waals surface area contributed by atoms with Crippen molar-refractivity contribution in [1.29, 1.82) is 0 Å². The molecule has 2 rings (SSSR count). The Morgan fingerprint density at radius 3 is 2.48 bits per heavy atom. The molecule has 0 fully saturated rings. The summed E-state index contributed by atoms with van der Waals surface area (Å²) in [5.74, 6) is 2.44. The van der Waals surface area contributed by atoms with Crippen molar-refractivity contribution in [2.45, 2.75) is 20.0 Å². The zero-order valence-electron chi connectivity index (χ0n) is 14.8. The van der Waals surface area contributed by atoms with Gasteiger partial charge in [0.1, 0.15) is 11.5 Å². The quantitative estimate of drug-likeness (QED) is 0.544. The lowest BCUT2D eigenvalue weighted by molar-refractivity contribution is 0.409. The fourth-order valence-electron chi connectivity index (χ4n) is 2.35. The molecule has 2 N–H and O–H groups in total. The van der Waals surface area contributed by atoms with E-state index in [4.69, 9.17) is 9.47 Å². The Balaban J connectivity index is 2.04. The van der Waals surface area contributed by atoms with Gasteiger partial charge in [0.2, 0.25) is 0 Å². The van der Waals surface area contributed by atoms with Gasteiger partial charge in [0.15, 0.2) is 5.96 Å². The highest BCUT2D eigenvalue weighted by Gasteiger charge is 2.04. The fraction of sp³-hybridized carbons (Fsp3) is 0.316. The van der Waals surface area contributed by atoms with Crippen LogP contribution in [0.5, 0.6) is 11.5 Å². The monoisotopic (exact) mass is 405 g/mol. The lowest BCUT2D eigenvalue weighted by Gasteiger charge is -2.13. The molecule has 0 heterocycles. The highest BCUT2D eigenvalue weighted by molar-refractivity contribution is 9.10. The van der Waals surface area contributed by atoms with Crippen molar-refractivity contribution >= 4 is 21.9 Å². The van der Waals surface area contributed by atoms with Crippen LogP contribution in [0.25, 0.3) is 0 Å². The van der Waals surface area contributed by atoms with Crippen molar-refractivity contribution in [3.8, 4) is 11.5 Å². The van der Waals surface area contributed by atoms with E-state index in [9.17, 15) is 0 Å². The van der Waals surface area contributed by atoms with E-state index in [-0.39, 0.29) is 0 Å². The number of hydrogen-bond donors (Lipinski definition) is 2. The van der Waals surface area contributed by atoms with E-state index in [0.29, 0.717) is 13.1 Å². The van der Waals surface area contributed by atoms with E-state index in [0.717, 1.165) is 39.6 Å². The second kappa shape index (κ2) is 9.93. The molecule has 0 aliphatic rings. The topological polar surface area (TPSA) is 54.9 Å². The van der Waals surface area contributed by atoms with Crippen molar-refractivity contribution in [3.63, 3.8) is 0 Å². The van der Waals surface area contributed by atoms with Crippen LogP contribution in [0.3, 0.4) is 0 Å². The second-order valence-corrected chi connectivity index (χ2v) is 6.18. The summed E-state index contributed by atoms with van der Waals surface area (Å²) in [5, 5.41) is 6.60. The Morgan fingerprint density at radius 2 is 1.80 bits per heavy atom. The molecule has 5 nitrogen and oxygen atoms in total. The second-order valence-electron chi connectivity index (χ2n) is 5.33. The SMILES string of the molecule is CCNC(=NCc1ccc(OC)c(Br)c1)NCc1ccccc1OC. The first-order chi connectivity index (χ1) is 12.2. The minimum absolute atomic E-state index is 0.573. The maximum atomic E-state index is 5.38. The molecule has 0 saturated heterocycles. The van der Waals surface area contributed by atoms with Crippen LogP contribution in [-0.4, -0.2) is 26.7 Å². The number of para-hydroxylation sites is 1. The molecule has 0 spiro atoms. The maximum Gasteiger partial charge on any atom is 0.191 e. The average Bonchev–Trinajstić information content (AvgIpc) is 2.64. The number of rotatable bonds is 7. The van der Waals surface area contributed by atoms with E-state index in [2.05, 4.69) is 31.6 Å². The number of ether oxygens (including phenoxy) is 2. The number of guanidine groups is 1. The lowest BCUT2D eigenvalue weighted by Crippen LogP contribution is -2.36. The molecule has 0 unspecified atom stereocenters. The Bertz CT molecular complexity index is 720. The smallest absolute Gasteiger partial charge is 0.191 e. The molecule has 0 radical (unpaired) electrons. The van der Waals surface area contributed by atoms with Crippen LogP contribution in [0.15, 0.2) is 51.9 Å². The van der Waals surface area contributed by atoms with Gasteiger partial charge < -0.3 is 20.1 Å². The van der Waals surface area contributed by atoms with Gasteiger partial charge in [-0.25, -0.2) is 4.99 Å². The largest absolute Gasteiger partial charge is 0.496 e. The van der Waals surface area contributed by atoms with Crippen molar-refractivity contribution in [2.75, 3.05) is 20.8 Å². The number of nitrogens with one attached hydrogen (secondary N) is 2. The Morgan fingerprint density at radius 1 is 1.04 bits per heavy atom. The Hall–Kier alpha value is -2.21. The highest BCUT2D eigenvalue weighted by atomic mass is 79.9. The van der Waals surface area contributed by atoms with Crippen LogP contribution in [0.2, 0.25) is 0 Å². The van der Waals surface area contributed by atoms with Crippen LogP contribution in [0, 0.1) is 0 Å². The van der Waals surface area contributed by atoms with Crippen molar-refractivity contribution in [3.05, 3.63) is 58.1 Å². The summed E-state index contributed by atoms with van der Waals surface area (Å²) in [6.07, 6.45) is 0. The number of halogens is 1. The molecular formula is C19H24BrN3O2. The molecule has 0 aliphatic heterocycles. The number of hydrogen-bond acceptors (Lipinski definition) is 3.